The molecule has 0 saturated heterocycles. The molecule has 126 valence electrons. The van der Waals surface area contributed by atoms with Gasteiger partial charge < -0.3 is 5.32 Å². The van der Waals surface area contributed by atoms with E-state index in [4.69, 9.17) is 0 Å². The smallest absolute Gasteiger partial charge is 0.255 e. The van der Waals surface area contributed by atoms with E-state index in [9.17, 15) is 4.79 Å². The maximum absolute atomic E-state index is 12.7. The number of tetrazole rings is 1. The lowest BCUT2D eigenvalue weighted by atomic mass is 10.0. The van der Waals surface area contributed by atoms with Crippen molar-refractivity contribution in [3.63, 3.8) is 0 Å². The third-order valence-corrected chi connectivity index (χ3v) is 4.56. The van der Waals surface area contributed by atoms with E-state index in [1.807, 2.05) is 43.3 Å². The van der Waals surface area contributed by atoms with E-state index in [0.29, 0.717) is 17.3 Å². The first-order chi connectivity index (χ1) is 12.3. The Bertz CT molecular complexity index is 900. The highest BCUT2D eigenvalue weighted by Gasteiger charge is 2.27. The molecule has 0 bridgehead atoms. The Morgan fingerprint density at radius 3 is 2.80 bits per heavy atom. The fourth-order valence-electron chi connectivity index (χ4n) is 3.10. The third kappa shape index (κ3) is 3.15. The summed E-state index contributed by atoms with van der Waals surface area (Å²) in [5.41, 5.74) is 4.62. The molecule has 25 heavy (non-hydrogen) atoms. The van der Waals surface area contributed by atoms with Gasteiger partial charge >= 0.3 is 0 Å². The average molecular weight is 333 g/mol. The number of hydrogen-bond acceptors (Lipinski definition) is 4. The zero-order valence-corrected chi connectivity index (χ0v) is 14.0. The first-order valence-electron chi connectivity index (χ1n) is 8.53. The van der Waals surface area contributed by atoms with E-state index in [-0.39, 0.29) is 5.91 Å². The molecule has 0 spiro atoms. The highest BCUT2D eigenvalue weighted by Crippen LogP contribution is 2.44. The Balaban J connectivity index is 1.65. The molecular formula is C19H19N5O. The molecule has 1 fully saturated rings. The number of benzene rings is 2. The second-order valence-electron chi connectivity index (χ2n) is 6.28. The van der Waals surface area contributed by atoms with Crippen LogP contribution >= 0.6 is 0 Å². The van der Waals surface area contributed by atoms with Crippen LogP contribution in [0.1, 0.15) is 47.2 Å². The summed E-state index contributed by atoms with van der Waals surface area (Å²) >= 11 is 0. The number of anilines is 1. The molecule has 1 heterocycles. The average Bonchev–Trinajstić information content (AvgIpc) is 3.35. The Morgan fingerprint density at radius 2 is 2.08 bits per heavy atom. The molecule has 1 aromatic heterocycles. The number of hydrogen-bond donors (Lipinski definition) is 2. The number of H-pyrrole nitrogens is 1. The van der Waals surface area contributed by atoms with Crippen molar-refractivity contribution in [3.05, 3.63) is 59.2 Å². The molecule has 3 aromatic rings. The van der Waals surface area contributed by atoms with Gasteiger partial charge in [0.2, 0.25) is 5.82 Å². The number of rotatable bonds is 5. The second-order valence-corrected chi connectivity index (χ2v) is 6.28. The van der Waals surface area contributed by atoms with E-state index in [1.165, 1.54) is 18.4 Å². The maximum atomic E-state index is 12.7. The van der Waals surface area contributed by atoms with Crippen molar-refractivity contribution < 1.29 is 4.79 Å². The Kier molecular flexibility index (Phi) is 4.01. The summed E-state index contributed by atoms with van der Waals surface area (Å²) in [5.74, 6) is 1.02. The van der Waals surface area contributed by atoms with Gasteiger partial charge in [-0.3, -0.25) is 4.79 Å². The Hall–Kier alpha value is -3.02. The van der Waals surface area contributed by atoms with E-state index in [2.05, 4.69) is 32.0 Å². The number of aromatic nitrogens is 4. The van der Waals surface area contributed by atoms with Crippen molar-refractivity contribution in [3.8, 4) is 11.4 Å². The quantitative estimate of drug-likeness (QED) is 0.748. The highest BCUT2D eigenvalue weighted by atomic mass is 16.1. The summed E-state index contributed by atoms with van der Waals surface area (Å²) in [6, 6.07) is 13.6. The molecule has 6 heteroatoms. The molecule has 0 aliphatic heterocycles. The summed E-state index contributed by atoms with van der Waals surface area (Å²) in [4.78, 5) is 12.7. The number of amides is 1. The minimum absolute atomic E-state index is 0.101. The number of aromatic amines is 1. The SMILES string of the molecule is CCc1ccccc1C(=O)Nc1ccc(C2CC2)c(-c2nn[nH]n2)c1. The van der Waals surface area contributed by atoms with E-state index < -0.39 is 0 Å². The molecule has 0 unspecified atom stereocenters. The van der Waals surface area contributed by atoms with Gasteiger partial charge in [0.05, 0.1) is 0 Å². The van der Waals surface area contributed by atoms with Crippen LogP contribution in [-0.4, -0.2) is 26.5 Å². The molecule has 2 aromatic carbocycles. The van der Waals surface area contributed by atoms with Gasteiger partial charge in [-0.1, -0.05) is 31.2 Å². The van der Waals surface area contributed by atoms with Gasteiger partial charge in [-0.2, -0.15) is 5.21 Å². The largest absolute Gasteiger partial charge is 0.322 e. The Morgan fingerprint density at radius 1 is 1.24 bits per heavy atom. The molecule has 1 aliphatic carbocycles. The molecule has 0 radical (unpaired) electrons. The molecule has 1 saturated carbocycles. The molecule has 1 aliphatic rings. The summed E-state index contributed by atoms with van der Waals surface area (Å²) < 4.78 is 0. The summed E-state index contributed by atoms with van der Waals surface area (Å²) in [6.07, 6.45) is 3.18. The van der Waals surface area contributed by atoms with Gasteiger partial charge in [0.15, 0.2) is 0 Å². The van der Waals surface area contributed by atoms with Gasteiger partial charge in [-0.15, -0.1) is 10.2 Å². The number of carbonyl (C=O) groups excluding carboxylic acids is 1. The second kappa shape index (κ2) is 6.47. The van der Waals surface area contributed by atoms with Crippen LogP contribution in [0, 0.1) is 0 Å². The Labute approximate surface area is 145 Å². The maximum Gasteiger partial charge on any atom is 0.255 e. The highest BCUT2D eigenvalue weighted by molar-refractivity contribution is 6.05. The summed E-state index contributed by atoms with van der Waals surface area (Å²) in [7, 11) is 0. The number of aryl methyl sites for hydroxylation is 1. The monoisotopic (exact) mass is 333 g/mol. The topological polar surface area (TPSA) is 83.6 Å². The predicted octanol–water partition coefficient (Wildman–Crippen LogP) is 3.56. The van der Waals surface area contributed by atoms with Crippen molar-refractivity contribution in [1.82, 2.24) is 20.6 Å². The van der Waals surface area contributed by atoms with Crippen LogP contribution < -0.4 is 5.32 Å². The zero-order valence-electron chi connectivity index (χ0n) is 14.0. The minimum atomic E-state index is -0.101. The van der Waals surface area contributed by atoms with Gasteiger partial charge in [-0.05, 0) is 59.7 Å². The first-order valence-corrected chi connectivity index (χ1v) is 8.53. The number of nitrogens with zero attached hydrogens (tertiary/aromatic N) is 3. The van der Waals surface area contributed by atoms with Crippen LogP contribution in [-0.2, 0) is 6.42 Å². The van der Waals surface area contributed by atoms with Crippen LogP contribution in [0.5, 0.6) is 0 Å². The van der Waals surface area contributed by atoms with E-state index in [0.717, 1.165) is 23.2 Å². The van der Waals surface area contributed by atoms with Gasteiger partial charge in [-0.25, -0.2) is 0 Å². The minimum Gasteiger partial charge on any atom is -0.322 e. The van der Waals surface area contributed by atoms with Crippen LogP contribution in [0.25, 0.3) is 11.4 Å². The lowest BCUT2D eigenvalue weighted by molar-refractivity contribution is 0.102. The fraction of sp³-hybridized carbons (Fsp3) is 0.263. The first kappa shape index (κ1) is 15.5. The van der Waals surface area contributed by atoms with Crippen LogP contribution in [0.3, 0.4) is 0 Å². The summed E-state index contributed by atoms with van der Waals surface area (Å²) in [5, 5.41) is 17.4. The number of carbonyl (C=O) groups is 1. The van der Waals surface area contributed by atoms with Crippen molar-refractivity contribution in [2.45, 2.75) is 32.1 Å². The normalized spacial score (nSPS) is 13.6. The zero-order chi connectivity index (χ0) is 17.2. The molecule has 2 N–H and O–H groups in total. The van der Waals surface area contributed by atoms with Crippen molar-refractivity contribution in [1.29, 1.82) is 0 Å². The van der Waals surface area contributed by atoms with E-state index in [1.54, 1.807) is 0 Å². The lowest BCUT2D eigenvalue weighted by Crippen LogP contribution is -2.14. The van der Waals surface area contributed by atoms with Crippen molar-refractivity contribution in [2.24, 2.45) is 0 Å². The van der Waals surface area contributed by atoms with Crippen molar-refractivity contribution in [2.75, 3.05) is 5.32 Å². The van der Waals surface area contributed by atoms with Crippen molar-refractivity contribution >= 4 is 11.6 Å². The third-order valence-electron chi connectivity index (χ3n) is 4.56. The van der Waals surface area contributed by atoms with E-state index >= 15 is 0 Å². The summed E-state index contributed by atoms with van der Waals surface area (Å²) in [6.45, 7) is 2.05. The molecule has 6 nitrogen and oxygen atoms in total. The van der Waals surface area contributed by atoms with Crippen LogP contribution in [0.4, 0.5) is 5.69 Å². The molecular weight excluding hydrogens is 314 g/mol. The fourth-order valence-corrected chi connectivity index (χ4v) is 3.10. The van der Waals surface area contributed by atoms with Gasteiger partial charge in [0, 0.05) is 16.8 Å². The standard InChI is InChI=1S/C19H19N5O/c1-2-12-5-3-4-6-16(12)19(25)20-14-9-10-15(13-7-8-13)17(11-14)18-21-23-24-22-18/h3-6,9-11,13H,2,7-8H2,1H3,(H,20,25)(H,21,22,23,24). The lowest BCUT2D eigenvalue weighted by Gasteiger charge is -2.12. The van der Waals surface area contributed by atoms with Crippen LogP contribution in [0.15, 0.2) is 42.5 Å². The predicted molar refractivity (Wildman–Crippen MR) is 95.4 cm³/mol. The molecule has 1 amide bonds. The number of nitrogens with one attached hydrogen (secondary N) is 2. The molecule has 0 atom stereocenters. The van der Waals surface area contributed by atoms with Gasteiger partial charge in [0.1, 0.15) is 0 Å². The molecule has 4 rings (SSSR count). The van der Waals surface area contributed by atoms with Gasteiger partial charge in [0.25, 0.3) is 5.91 Å². The van der Waals surface area contributed by atoms with Crippen LogP contribution in [0.2, 0.25) is 0 Å².